The molecule has 174 valence electrons. The van der Waals surface area contributed by atoms with Gasteiger partial charge in [0.15, 0.2) is 6.10 Å². The molecule has 1 heterocycles. The van der Waals surface area contributed by atoms with Gasteiger partial charge in [-0.05, 0) is 79.3 Å². The zero-order chi connectivity index (χ0) is 23.7. The van der Waals surface area contributed by atoms with Gasteiger partial charge in [0.2, 0.25) is 0 Å². The monoisotopic (exact) mass is 474 g/mol. The molecule has 1 N–H and O–H groups in total. The van der Waals surface area contributed by atoms with Gasteiger partial charge in [0.25, 0.3) is 11.8 Å². The molecule has 0 spiro atoms. The van der Waals surface area contributed by atoms with Gasteiger partial charge in [-0.15, -0.1) is 0 Å². The number of hydrogen-bond donors (Lipinski definition) is 1. The molecule has 3 aromatic carbocycles. The van der Waals surface area contributed by atoms with Crippen molar-refractivity contribution in [2.45, 2.75) is 51.3 Å². The van der Waals surface area contributed by atoms with Crippen LogP contribution in [0.2, 0.25) is 5.02 Å². The lowest BCUT2D eigenvalue weighted by molar-refractivity contribution is -0.141. The Bertz CT molecular complexity index is 1220. The molecule has 1 aliphatic heterocycles. The number of carbonyl (C=O) groups is 2. The van der Waals surface area contributed by atoms with Gasteiger partial charge in [0.05, 0.1) is 12.6 Å². The SMILES string of the molecule is CC[C@@H]1Oc2ccc(NC(=O)c3ccc(Cl)cc3)cc2CN([C@@H]2CCCc3ccccc32)C1=O. The van der Waals surface area contributed by atoms with Crippen LogP contribution in [-0.2, 0) is 17.8 Å². The Kier molecular flexibility index (Phi) is 6.29. The summed E-state index contributed by atoms with van der Waals surface area (Å²) in [7, 11) is 0. The van der Waals surface area contributed by atoms with Gasteiger partial charge in [-0.25, -0.2) is 0 Å². The Morgan fingerprint density at radius 3 is 2.68 bits per heavy atom. The molecule has 2 aliphatic rings. The number of anilines is 1. The van der Waals surface area contributed by atoms with Gasteiger partial charge in [0, 0.05) is 21.8 Å². The van der Waals surface area contributed by atoms with Crippen LogP contribution in [0.3, 0.4) is 0 Å². The number of nitrogens with zero attached hydrogens (tertiary/aromatic N) is 1. The quantitative estimate of drug-likeness (QED) is 0.492. The predicted octanol–water partition coefficient (Wildman–Crippen LogP) is 6.17. The summed E-state index contributed by atoms with van der Waals surface area (Å²) in [6, 6.07) is 20.8. The van der Waals surface area contributed by atoms with Crippen molar-refractivity contribution in [3.8, 4) is 5.75 Å². The molecule has 5 rings (SSSR count). The summed E-state index contributed by atoms with van der Waals surface area (Å²) in [6.45, 7) is 2.41. The number of fused-ring (bicyclic) bond motifs is 2. The summed E-state index contributed by atoms with van der Waals surface area (Å²) in [6.07, 6.45) is 3.09. The Balaban J connectivity index is 1.45. The van der Waals surface area contributed by atoms with Gasteiger partial charge < -0.3 is 15.0 Å². The summed E-state index contributed by atoms with van der Waals surface area (Å²) >= 11 is 5.94. The first-order valence-electron chi connectivity index (χ1n) is 11.8. The highest BCUT2D eigenvalue weighted by Crippen LogP contribution is 2.39. The molecule has 2 amide bonds. The fraction of sp³-hybridized carbons (Fsp3) is 0.286. The number of hydrogen-bond acceptors (Lipinski definition) is 3. The Hall–Kier alpha value is -3.31. The molecule has 2 atom stereocenters. The van der Waals surface area contributed by atoms with E-state index < -0.39 is 6.10 Å². The maximum absolute atomic E-state index is 13.5. The van der Waals surface area contributed by atoms with E-state index in [2.05, 4.69) is 23.5 Å². The fourth-order valence-electron chi connectivity index (χ4n) is 4.92. The molecule has 0 fully saturated rings. The Labute approximate surface area is 204 Å². The van der Waals surface area contributed by atoms with Gasteiger partial charge in [-0.2, -0.15) is 0 Å². The van der Waals surface area contributed by atoms with E-state index in [9.17, 15) is 9.59 Å². The van der Waals surface area contributed by atoms with Gasteiger partial charge in [0.1, 0.15) is 5.75 Å². The minimum absolute atomic E-state index is 0.0205. The number of aryl methyl sites for hydroxylation is 1. The second-order valence-electron chi connectivity index (χ2n) is 8.87. The average molecular weight is 475 g/mol. The minimum Gasteiger partial charge on any atom is -0.480 e. The average Bonchev–Trinajstić information content (AvgIpc) is 3.00. The number of carbonyl (C=O) groups excluding carboxylic acids is 2. The normalized spacial score (nSPS) is 19.5. The summed E-state index contributed by atoms with van der Waals surface area (Å²) in [5.74, 6) is 0.496. The van der Waals surface area contributed by atoms with Gasteiger partial charge in [-0.1, -0.05) is 42.8 Å². The summed E-state index contributed by atoms with van der Waals surface area (Å²) < 4.78 is 6.17. The molecular weight excluding hydrogens is 448 g/mol. The molecule has 0 saturated carbocycles. The van der Waals surface area contributed by atoms with Crippen molar-refractivity contribution in [3.63, 3.8) is 0 Å². The van der Waals surface area contributed by atoms with Crippen LogP contribution in [0, 0.1) is 0 Å². The molecule has 3 aromatic rings. The number of ether oxygens (including phenoxy) is 1. The summed E-state index contributed by atoms with van der Waals surface area (Å²) in [5, 5.41) is 3.54. The van der Waals surface area contributed by atoms with Crippen LogP contribution in [0.4, 0.5) is 5.69 Å². The van der Waals surface area contributed by atoms with Gasteiger partial charge in [-0.3, -0.25) is 9.59 Å². The van der Waals surface area contributed by atoms with Crippen LogP contribution in [-0.4, -0.2) is 22.8 Å². The van der Waals surface area contributed by atoms with Gasteiger partial charge >= 0.3 is 0 Å². The number of halogens is 1. The maximum Gasteiger partial charge on any atom is 0.264 e. The van der Waals surface area contributed by atoms with E-state index in [0.717, 1.165) is 24.8 Å². The van der Waals surface area contributed by atoms with Crippen LogP contribution in [0.5, 0.6) is 5.75 Å². The highest BCUT2D eigenvalue weighted by atomic mass is 35.5. The number of benzene rings is 3. The minimum atomic E-state index is -0.523. The van der Waals surface area contributed by atoms with Crippen LogP contribution in [0.1, 0.15) is 59.3 Å². The third kappa shape index (κ3) is 4.40. The highest BCUT2D eigenvalue weighted by Gasteiger charge is 2.36. The van der Waals surface area contributed by atoms with Crippen LogP contribution in [0.15, 0.2) is 66.7 Å². The molecule has 0 radical (unpaired) electrons. The van der Waals surface area contributed by atoms with E-state index in [1.165, 1.54) is 11.1 Å². The molecule has 0 unspecified atom stereocenters. The van der Waals surface area contributed by atoms with Crippen molar-refractivity contribution < 1.29 is 14.3 Å². The lowest BCUT2D eigenvalue weighted by atomic mass is 9.86. The van der Waals surface area contributed by atoms with E-state index >= 15 is 0 Å². The molecule has 0 aromatic heterocycles. The van der Waals surface area contributed by atoms with Crippen molar-refractivity contribution >= 4 is 29.1 Å². The summed E-state index contributed by atoms with van der Waals surface area (Å²) in [5.41, 5.74) is 4.62. The smallest absolute Gasteiger partial charge is 0.264 e. The zero-order valence-electron chi connectivity index (χ0n) is 19.1. The number of rotatable bonds is 4. The second kappa shape index (κ2) is 9.51. The second-order valence-corrected chi connectivity index (χ2v) is 9.31. The standard InChI is InChI=1S/C28H27ClN2O3/c1-2-25-28(33)31(24-9-5-7-18-6-3-4-8-23(18)24)17-20-16-22(14-15-26(20)34-25)30-27(32)19-10-12-21(29)13-11-19/h3-4,6,8,10-16,24-25H,2,5,7,9,17H2,1H3,(H,30,32)/t24-,25+/m1/s1. The molecule has 0 saturated heterocycles. The maximum atomic E-state index is 13.5. The Morgan fingerprint density at radius 2 is 1.88 bits per heavy atom. The van der Waals surface area contributed by atoms with E-state index in [0.29, 0.717) is 35.0 Å². The van der Waals surface area contributed by atoms with E-state index in [1.54, 1.807) is 24.3 Å². The topological polar surface area (TPSA) is 58.6 Å². The van der Waals surface area contributed by atoms with Crippen molar-refractivity contribution in [2.75, 3.05) is 5.32 Å². The van der Waals surface area contributed by atoms with Crippen molar-refractivity contribution in [1.29, 1.82) is 0 Å². The third-order valence-corrected chi connectivity index (χ3v) is 6.93. The molecule has 5 nitrogen and oxygen atoms in total. The predicted molar refractivity (Wildman–Crippen MR) is 133 cm³/mol. The molecular formula is C28H27ClN2O3. The third-order valence-electron chi connectivity index (χ3n) is 6.68. The van der Waals surface area contributed by atoms with Crippen molar-refractivity contribution in [1.82, 2.24) is 4.90 Å². The van der Waals surface area contributed by atoms with Crippen LogP contribution in [0.25, 0.3) is 0 Å². The first-order valence-corrected chi connectivity index (χ1v) is 12.2. The number of amides is 2. The van der Waals surface area contributed by atoms with Crippen LogP contribution < -0.4 is 10.1 Å². The molecule has 0 bridgehead atoms. The number of nitrogens with one attached hydrogen (secondary N) is 1. The molecule has 34 heavy (non-hydrogen) atoms. The molecule has 1 aliphatic carbocycles. The lowest BCUT2D eigenvalue weighted by Gasteiger charge is -2.36. The van der Waals surface area contributed by atoms with Crippen molar-refractivity contribution in [3.05, 3.63) is 94.0 Å². The van der Waals surface area contributed by atoms with Crippen LogP contribution >= 0.6 is 11.6 Å². The molecule has 6 heteroatoms. The largest absolute Gasteiger partial charge is 0.480 e. The first-order chi connectivity index (χ1) is 16.5. The lowest BCUT2D eigenvalue weighted by Crippen LogP contribution is -2.42. The van der Waals surface area contributed by atoms with E-state index in [1.807, 2.05) is 36.1 Å². The Morgan fingerprint density at radius 1 is 1.09 bits per heavy atom. The fourth-order valence-corrected chi connectivity index (χ4v) is 5.05. The van der Waals surface area contributed by atoms with E-state index in [4.69, 9.17) is 16.3 Å². The summed E-state index contributed by atoms with van der Waals surface area (Å²) in [4.78, 5) is 28.2. The highest BCUT2D eigenvalue weighted by molar-refractivity contribution is 6.30. The zero-order valence-corrected chi connectivity index (χ0v) is 19.8. The first kappa shape index (κ1) is 22.5. The van der Waals surface area contributed by atoms with Crippen molar-refractivity contribution in [2.24, 2.45) is 0 Å². The van der Waals surface area contributed by atoms with E-state index in [-0.39, 0.29) is 17.9 Å².